The van der Waals surface area contributed by atoms with Crippen molar-refractivity contribution in [2.75, 3.05) is 10.2 Å². The van der Waals surface area contributed by atoms with Gasteiger partial charge in [-0.25, -0.2) is 0 Å². The van der Waals surface area contributed by atoms with E-state index in [1.54, 1.807) is 24.3 Å². The minimum Gasteiger partial charge on any atom is -0.322 e. The van der Waals surface area contributed by atoms with E-state index in [1.165, 1.54) is 4.90 Å². The molecule has 1 saturated heterocycles. The molecule has 1 aliphatic heterocycles. The van der Waals surface area contributed by atoms with Gasteiger partial charge in [-0.15, -0.1) is 0 Å². The lowest BCUT2D eigenvalue weighted by Gasteiger charge is -2.25. The van der Waals surface area contributed by atoms with Crippen molar-refractivity contribution in [1.29, 1.82) is 0 Å². The largest absolute Gasteiger partial charge is 0.322 e. The standard InChI is InChI=1S/C24H26N2O3/c1-14-8-10-21(16(3)11-14)25-22(27)17-5-4-6-18(13-17)26-23(28)19-9-7-15(2)12-20(19)24(26)29/h4-6,8,10-11,13,15,19-20H,7,9,12H2,1-3H3,(H,25,27)/t15-,19+,20-/m1/s1. The first-order valence-electron chi connectivity index (χ1n) is 10.2. The Morgan fingerprint density at radius 3 is 2.52 bits per heavy atom. The fourth-order valence-electron chi connectivity index (χ4n) is 4.58. The number of hydrogen-bond donors (Lipinski definition) is 1. The Kier molecular flexibility index (Phi) is 4.99. The van der Waals surface area contributed by atoms with Gasteiger partial charge in [-0.05, 0) is 68.9 Å². The summed E-state index contributed by atoms with van der Waals surface area (Å²) in [5.41, 5.74) is 3.77. The Morgan fingerprint density at radius 2 is 1.76 bits per heavy atom. The number of hydrogen-bond acceptors (Lipinski definition) is 3. The zero-order chi connectivity index (χ0) is 20.7. The number of rotatable bonds is 3. The van der Waals surface area contributed by atoms with Crippen LogP contribution >= 0.6 is 0 Å². The Hall–Kier alpha value is -2.95. The van der Waals surface area contributed by atoms with Crippen molar-refractivity contribution in [3.8, 4) is 0 Å². The molecular weight excluding hydrogens is 364 g/mol. The van der Waals surface area contributed by atoms with Crippen molar-refractivity contribution in [3.63, 3.8) is 0 Å². The number of benzene rings is 2. The maximum atomic E-state index is 12.9. The molecule has 2 fully saturated rings. The van der Waals surface area contributed by atoms with Gasteiger partial charge in [0, 0.05) is 11.3 Å². The summed E-state index contributed by atoms with van der Waals surface area (Å²) in [4.78, 5) is 39.9. The monoisotopic (exact) mass is 390 g/mol. The molecule has 0 radical (unpaired) electrons. The maximum Gasteiger partial charge on any atom is 0.255 e. The molecule has 150 valence electrons. The zero-order valence-electron chi connectivity index (χ0n) is 17.1. The number of carbonyl (C=O) groups is 3. The molecule has 2 aliphatic rings. The molecule has 0 aromatic heterocycles. The molecule has 0 bridgehead atoms. The molecule has 29 heavy (non-hydrogen) atoms. The molecule has 1 heterocycles. The maximum absolute atomic E-state index is 12.9. The highest BCUT2D eigenvalue weighted by atomic mass is 16.2. The van der Waals surface area contributed by atoms with Gasteiger partial charge in [-0.2, -0.15) is 0 Å². The molecule has 4 rings (SSSR count). The van der Waals surface area contributed by atoms with Gasteiger partial charge in [0.15, 0.2) is 0 Å². The Labute approximate surface area is 171 Å². The smallest absolute Gasteiger partial charge is 0.255 e. The number of aryl methyl sites for hydroxylation is 2. The third kappa shape index (κ3) is 3.57. The van der Waals surface area contributed by atoms with E-state index in [-0.39, 0.29) is 29.6 Å². The van der Waals surface area contributed by atoms with Crippen LogP contribution < -0.4 is 10.2 Å². The summed E-state index contributed by atoms with van der Waals surface area (Å²) < 4.78 is 0. The first kappa shape index (κ1) is 19.4. The van der Waals surface area contributed by atoms with Gasteiger partial charge in [0.2, 0.25) is 11.8 Å². The number of carbonyl (C=O) groups excluding carboxylic acids is 3. The number of imide groups is 1. The van der Waals surface area contributed by atoms with E-state index in [0.29, 0.717) is 17.2 Å². The summed E-state index contributed by atoms with van der Waals surface area (Å²) in [5, 5.41) is 2.92. The van der Waals surface area contributed by atoms with Gasteiger partial charge in [-0.3, -0.25) is 19.3 Å². The van der Waals surface area contributed by atoms with E-state index in [4.69, 9.17) is 0 Å². The van der Waals surface area contributed by atoms with Crippen LogP contribution in [0.2, 0.25) is 0 Å². The second-order valence-corrected chi connectivity index (χ2v) is 8.47. The van der Waals surface area contributed by atoms with E-state index < -0.39 is 0 Å². The lowest BCUT2D eigenvalue weighted by atomic mass is 9.76. The lowest BCUT2D eigenvalue weighted by molar-refractivity contribution is -0.122. The SMILES string of the molecule is Cc1ccc(NC(=O)c2cccc(N3C(=O)[C@H]4CC[C@@H](C)C[C@H]4C3=O)c2)c(C)c1. The van der Waals surface area contributed by atoms with Crippen molar-refractivity contribution in [1.82, 2.24) is 0 Å². The van der Waals surface area contributed by atoms with Crippen LogP contribution in [-0.2, 0) is 9.59 Å². The Morgan fingerprint density at radius 1 is 1.00 bits per heavy atom. The molecule has 1 aliphatic carbocycles. The van der Waals surface area contributed by atoms with Crippen molar-refractivity contribution < 1.29 is 14.4 Å². The first-order valence-corrected chi connectivity index (χ1v) is 10.2. The van der Waals surface area contributed by atoms with Crippen LogP contribution in [0.3, 0.4) is 0 Å². The van der Waals surface area contributed by atoms with Gasteiger partial charge in [0.25, 0.3) is 5.91 Å². The number of nitrogens with zero attached hydrogens (tertiary/aromatic N) is 1. The highest BCUT2D eigenvalue weighted by Gasteiger charge is 2.50. The van der Waals surface area contributed by atoms with E-state index in [0.717, 1.165) is 36.1 Å². The quantitative estimate of drug-likeness (QED) is 0.786. The van der Waals surface area contributed by atoms with Gasteiger partial charge >= 0.3 is 0 Å². The van der Waals surface area contributed by atoms with Crippen LogP contribution in [0.1, 0.15) is 47.7 Å². The lowest BCUT2D eigenvalue weighted by Crippen LogP contribution is -2.31. The summed E-state index contributed by atoms with van der Waals surface area (Å²) in [6.45, 7) is 6.09. The Balaban J connectivity index is 1.58. The molecule has 5 heteroatoms. The van der Waals surface area contributed by atoms with Crippen LogP contribution in [0.25, 0.3) is 0 Å². The molecular formula is C24H26N2O3. The minimum atomic E-state index is -0.260. The average molecular weight is 390 g/mol. The highest BCUT2D eigenvalue weighted by molar-refractivity contribution is 6.22. The fraction of sp³-hybridized carbons (Fsp3) is 0.375. The van der Waals surface area contributed by atoms with Crippen LogP contribution in [0, 0.1) is 31.6 Å². The summed E-state index contributed by atoms with van der Waals surface area (Å²) in [6.07, 6.45) is 2.50. The topological polar surface area (TPSA) is 66.5 Å². The average Bonchev–Trinajstić information content (AvgIpc) is 2.94. The van der Waals surface area contributed by atoms with Crippen molar-refractivity contribution >= 4 is 29.1 Å². The van der Waals surface area contributed by atoms with E-state index in [9.17, 15) is 14.4 Å². The molecule has 0 unspecified atom stereocenters. The van der Waals surface area contributed by atoms with Gasteiger partial charge in [0.05, 0.1) is 17.5 Å². The van der Waals surface area contributed by atoms with Gasteiger partial charge < -0.3 is 5.32 Å². The third-order valence-electron chi connectivity index (χ3n) is 6.18. The molecule has 3 atom stereocenters. The molecule has 1 saturated carbocycles. The fourth-order valence-corrected chi connectivity index (χ4v) is 4.58. The highest BCUT2D eigenvalue weighted by Crippen LogP contribution is 2.42. The van der Waals surface area contributed by atoms with Crippen molar-refractivity contribution in [2.45, 2.75) is 40.0 Å². The number of amides is 3. The summed E-state index contributed by atoms with van der Waals surface area (Å²) in [5.74, 6) is -0.491. The van der Waals surface area contributed by atoms with E-state index in [1.807, 2.05) is 32.0 Å². The van der Waals surface area contributed by atoms with Crippen LogP contribution in [0.5, 0.6) is 0 Å². The summed E-state index contributed by atoms with van der Waals surface area (Å²) >= 11 is 0. The van der Waals surface area contributed by atoms with Gasteiger partial charge in [0.1, 0.15) is 0 Å². The van der Waals surface area contributed by atoms with Crippen LogP contribution in [0.4, 0.5) is 11.4 Å². The number of nitrogens with one attached hydrogen (secondary N) is 1. The number of anilines is 2. The minimum absolute atomic E-state index is 0.126. The molecule has 2 aromatic carbocycles. The van der Waals surface area contributed by atoms with Crippen molar-refractivity contribution in [3.05, 3.63) is 59.2 Å². The zero-order valence-corrected chi connectivity index (χ0v) is 17.1. The van der Waals surface area contributed by atoms with Gasteiger partial charge in [-0.1, -0.05) is 30.7 Å². The molecule has 2 aromatic rings. The third-order valence-corrected chi connectivity index (χ3v) is 6.18. The van der Waals surface area contributed by atoms with Crippen LogP contribution in [0.15, 0.2) is 42.5 Å². The second kappa shape index (κ2) is 7.47. The molecule has 3 amide bonds. The van der Waals surface area contributed by atoms with Crippen LogP contribution in [-0.4, -0.2) is 17.7 Å². The predicted octanol–water partition coefficient (Wildman–Crippen LogP) is 4.48. The predicted molar refractivity (Wildman–Crippen MR) is 113 cm³/mol. The normalized spacial score (nSPS) is 23.8. The summed E-state index contributed by atoms with van der Waals surface area (Å²) in [7, 11) is 0. The van der Waals surface area contributed by atoms with Crippen molar-refractivity contribution in [2.24, 2.45) is 17.8 Å². The number of fused-ring (bicyclic) bond motifs is 1. The molecule has 0 spiro atoms. The molecule has 1 N–H and O–H groups in total. The van der Waals surface area contributed by atoms with E-state index in [2.05, 4.69) is 12.2 Å². The van der Waals surface area contributed by atoms with E-state index >= 15 is 0 Å². The first-order chi connectivity index (χ1) is 13.8. The Bertz CT molecular complexity index is 997. The summed E-state index contributed by atoms with van der Waals surface area (Å²) in [6, 6.07) is 12.6. The second-order valence-electron chi connectivity index (χ2n) is 8.47. The molecule has 5 nitrogen and oxygen atoms in total.